The minimum Gasteiger partial charge on any atom is -0.392 e. The van der Waals surface area contributed by atoms with Crippen molar-refractivity contribution in [3.63, 3.8) is 0 Å². The second-order valence-corrected chi connectivity index (χ2v) is 6.77. The number of piperazine rings is 1. The predicted molar refractivity (Wildman–Crippen MR) is 84.8 cm³/mol. The average molecular weight is 280 g/mol. The van der Waals surface area contributed by atoms with Gasteiger partial charge in [-0.3, -0.25) is 4.90 Å². The summed E-state index contributed by atoms with van der Waals surface area (Å²) in [7, 11) is 0. The Hall–Kier alpha value is -0.380. The predicted octanol–water partition coefficient (Wildman–Crippen LogP) is 2.37. The number of β-amino-alcohol motifs (C(OH)–C–C–N with tert-alkyl or cyclic N) is 1. The summed E-state index contributed by atoms with van der Waals surface area (Å²) in [4.78, 5) is 5.04. The second-order valence-electron chi connectivity index (χ2n) is 6.77. The Kier molecular flexibility index (Phi) is 6.06. The third kappa shape index (κ3) is 4.31. The summed E-state index contributed by atoms with van der Waals surface area (Å²) in [6.07, 6.45) is 5.78. The van der Waals surface area contributed by atoms with Crippen LogP contribution in [0.4, 0.5) is 0 Å². The quantitative estimate of drug-likeness (QED) is 0.783. The van der Waals surface area contributed by atoms with Crippen LogP contribution in [0.1, 0.15) is 40.0 Å². The number of nitrogens with zero attached hydrogens (tertiary/aromatic N) is 2. The lowest BCUT2D eigenvalue weighted by molar-refractivity contribution is 0.0638. The van der Waals surface area contributed by atoms with Crippen molar-refractivity contribution >= 4 is 0 Å². The van der Waals surface area contributed by atoms with Gasteiger partial charge in [-0.2, -0.15) is 0 Å². The molecule has 1 aliphatic carbocycles. The van der Waals surface area contributed by atoms with Crippen molar-refractivity contribution in [1.29, 1.82) is 0 Å². The van der Waals surface area contributed by atoms with Gasteiger partial charge in [0.1, 0.15) is 0 Å². The summed E-state index contributed by atoms with van der Waals surface area (Å²) in [5.74, 6) is 1.59. The molecular formula is C17H32N2O. The number of hydrogen-bond acceptors (Lipinski definition) is 3. The van der Waals surface area contributed by atoms with Gasteiger partial charge in [0, 0.05) is 39.3 Å². The van der Waals surface area contributed by atoms with E-state index in [1.54, 1.807) is 5.57 Å². The van der Waals surface area contributed by atoms with Crippen molar-refractivity contribution in [2.45, 2.75) is 46.1 Å². The Labute approximate surface area is 124 Å². The van der Waals surface area contributed by atoms with Gasteiger partial charge < -0.3 is 10.0 Å². The maximum absolute atomic E-state index is 9.74. The third-order valence-electron chi connectivity index (χ3n) is 5.22. The summed E-state index contributed by atoms with van der Waals surface area (Å²) < 4.78 is 0. The van der Waals surface area contributed by atoms with Crippen LogP contribution in [0.15, 0.2) is 11.6 Å². The zero-order chi connectivity index (χ0) is 14.5. The summed E-state index contributed by atoms with van der Waals surface area (Å²) >= 11 is 0. The molecule has 1 N–H and O–H groups in total. The number of hydrogen-bond donors (Lipinski definition) is 1. The van der Waals surface area contributed by atoms with Crippen LogP contribution in [0.3, 0.4) is 0 Å². The molecule has 0 bridgehead atoms. The Bertz CT molecular complexity index is 321. The standard InChI is InChI=1S/C17H32N2O/c1-4-16(20)12-18-8-10-19(11-9-18)13-17-14(2)6-5-7-15(17)3/h6,15-17,20H,4-5,7-13H2,1-3H3/t15-,16-,17-/m0/s1. The van der Waals surface area contributed by atoms with Gasteiger partial charge in [-0.25, -0.2) is 0 Å². The van der Waals surface area contributed by atoms with E-state index in [2.05, 4.69) is 36.6 Å². The van der Waals surface area contributed by atoms with Crippen LogP contribution in [-0.2, 0) is 0 Å². The van der Waals surface area contributed by atoms with E-state index in [4.69, 9.17) is 0 Å². The molecule has 0 radical (unpaired) electrons. The topological polar surface area (TPSA) is 26.7 Å². The van der Waals surface area contributed by atoms with Crippen molar-refractivity contribution in [2.24, 2.45) is 11.8 Å². The number of allylic oxidation sites excluding steroid dienone is 1. The van der Waals surface area contributed by atoms with E-state index in [-0.39, 0.29) is 6.10 Å². The molecule has 2 rings (SSSR count). The van der Waals surface area contributed by atoms with Crippen LogP contribution >= 0.6 is 0 Å². The maximum atomic E-state index is 9.74. The highest BCUT2D eigenvalue weighted by molar-refractivity contribution is 5.09. The van der Waals surface area contributed by atoms with E-state index in [1.807, 2.05) is 0 Å². The molecule has 0 aromatic carbocycles. The van der Waals surface area contributed by atoms with Crippen molar-refractivity contribution < 1.29 is 5.11 Å². The lowest BCUT2D eigenvalue weighted by atomic mass is 9.80. The van der Waals surface area contributed by atoms with Crippen LogP contribution in [0.5, 0.6) is 0 Å². The average Bonchev–Trinajstić information content (AvgIpc) is 2.44. The highest BCUT2D eigenvalue weighted by atomic mass is 16.3. The van der Waals surface area contributed by atoms with Crippen LogP contribution in [0, 0.1) is 11.8 Å². The van der Waals surface area contributed by atoms with E-state index in [9.17, 15) is 5.11 Å². The van der Waals surface area contributed by atoms with E-state index < -0.39 is 0 Å². The zero-order valence-corrected chi connectivity index (χ0v) is 13.5. The largest absolute Gasteiger partial charge is 0.392 e. The monoisotopic (exact) mass is 280 g/mol. The lowest BCUT2D eigenvalue weighted by Crippen LogP contribution is -2.50. The number of rotatable bonds is 5. The van der Waals surface area contributed by atoms with Gasteiger partial charge in [-0.1, -0.05) is 25.5 Å². The molecular weight excluding hydrogens is 248 g/mol. The third-order valence-corrected chi connectivity index (χ3v) is 5.22. The minimum atomic E-state index is -0.148. The molecule has 1 aliphatic heterocycles. The number of aliphatic hydroxyl groups excluding tert-OH is 1. The molecule has 1 fully saturated rings. The molecule has 3 atom stereocenters. The molecule has 3 heteroatoms. The van der Waals surface area contributed by atoms with Crippen LogP contribution < -0.4 is 0 Å². The Morgan fingerprint density at radius 1 is 1.25 bits per heavy atom. The molecule has 116 valence electrons. The Balaban J connectivity index is 1.76. The lowest BCUT2D eigenvalue weighted by Gasteiger charge is -2.39. The summed E-state index contributed by atoms with van der Waals surface area (Å²) in [6, 6.07) is 0. The SMILES string of the molecule is CC[C@H](O)CN1CCN(C[C@H]2C(C)=CCC[C@@H]2C)CC1. The Morgan fingerprint density at radius 2 is 1.90 bits per heavy atom. The molecule has 0 unspecified atom stereocenters. The summed E-state index contributed by atoms with van der Waals surface area (Å²) in [6.45, 7) is 13.4. The van der Waals surface area contributed by atoms with Crippen LogP contribution in [0.2, 0.25) is 0 Å². The molecule has 0 amide bonds. The van der Waals surface area contributed by atoms with E-state index >= 15 is 0 Å². The zero-order valence-electron chi connectivity index (χ0n) is 13.5. The fraction of sp³-hybridized carbons (Fsp3) is 0.882. The molecule has 1 saturated heterocycles. The van der Waals surface area contributed by atoms with Gasteiger partial charge in [0.15, 0.2) is 0 Å². The molecule has 0 spiro atoms. The highest BCUT2D eigenvalue weighted by Gasteiger charge is 2.26. The fourth-order valence-corrected chi connectivity index (χ4v) is 3.56. The molecule has 0 aromatic heterocycles. The summed E-state index contributed by atoms with van der Waals surface area (Å²) in [5, 5.41) is 9.74. The van der Waals surface area contributed by atoms with Gasteiger partial charge in [0.2, 0.25) is 0 Å². The van der Waals surface area contributed by atoms with Gasteiger partial charge in [0.05, 0.1) is 6.10 Å². The van der Waals surface area contributed by atoms with Crippen molar-refractivity contribution in [3.8, 4) is 0 Å². The molecule has 20 heavy (non-hydrogen) atoms. The first-order chi connectivity index (χ1) is 9.60. The van der Waals surface area contributed by atoms with E-state index in [0.717, 1.165) is 51.0 Å². The van der Waals surface area contributed by atoms with Crippen molar-refractivity contribution in [1.82, 2.24) is 9.80 Å². The van der Waals surface area contributed by atoms with Crippen molar-refractivity contribution in [2.75, 3.05) is 39.3 Å². The first kappa shape index (κ1) is 16.0. The van der Waals surface area contributed by atoms with Crippen molar-refractivity contribution in [3.05, 3.63) is 11.6 Å². The molecule has 1 heterocycles. The number of aliphatic hydroxyl groups is 1. The van der Waals surface area contributed by atoms with E-state index in [0.29, 0.717) is 0 Å². The normalized spacial score (nSPS) is 31.1. The van der Waals surface area contributed by atoms with Gasteiger partial charge >= 0.3 is 0 Å². The van der Waals surface area contributed by atoms with Crippen LogP contribution in [-0.4, -0.2) is 60.3 Å². The van der Waals surface area contributed by atoms with Crippen LogP contribution in [0.25, 0.3) is 0 Å². The summed E-state index contributed by atoms with van der Waals surface area (Å²) in [5.41, 5.74) is 1.60. The minimum absolute atomic E-state index is 0.148. The molecule has 0 saturated carbocycles. The molecule has 0 aromatic rings. The maximum Gasteiger partial charge on any atom is 0.0664 e. The first-order valence-electron chi connectivity index (χ1n) is 8.39. The van der Waals surface area contributed by atoms with Gasteiger partial charge in [-0.05, 0) is 38.0 Å². The smallest absolute Gasteiger partial charge is 0.0664 e. The second kappa shape index (κ2) is 7.58. The highest BCUT2D eigenvalue weighted by Crippen LogP contribution is 2.30. The fourth-order valence-electron chi connectivity index (χ4n) is 3.56. The first-order valence-corrected chi connectivity index (χ1v) is 8.39. The molecule has 3 nitrogen and oxygen atoms in total. The van der Waals surface area contributed by atoms with Gasteiger partial charge in [-0.15, -0.1) is 0 Å². The Morgan fingerprint density at radius 3 is 2.50 bits per heavy atom. The molecule has 2 aliphatic rings. The van der Waals surface area contributed by atoms with Gasteiger partial charge in [0.25, 0.3) is 0 Å². The van der Waals surface area contributed by atoms with E-state index in [1.165, 1.54) is 19.4 Å².